The number of methoxy groups -OCH3 is 2. The molecule has 0 aromatic heterocycles. The first-order valence-corrected chi connectivity index (χ1v) is 13.7. The molecule has 1 atom stereocenters. The van der Waals surface area contributed by atoms with Crippen molar-refractivity contribution in [2.45, 2.75) is 38.1 Å². The fraction of sp³-hybridized carbons (Fsp3) is 0.321. The predicted octanol–water partition coefficient (Wildman–Crippen LogP) is 5.76. The maximum Gasteiger partial charge on any atom is 0.264 e. The summed E-state index contributed by atoms with van der Waals surface area (Å²) in [4.78, 5) is 13.4. The maximum atomic E-state index is 13.7. The Morgan fingerprint density at radius 1 is 0.973 bits per heavy atom. The average Bonchev–Trinajstić information content (AvgIpc) is 2.87. The summed E-state index contributed by atoms with van der Waals surface area (Å²) in [7, 11) is -1.01. The molecule has 3 aromatic carbocycles. The van der Waals surface area contributed by atoms with E-state index in [-0.39, 0.29) is 21.6 Å². The normalized spacial score (nSPS) is 12.2. The molecule has 0 saturated heterocycles. The van der Waals surface area contributed by atoms with Gasteiger partial charge in [-0.1, -0.05) is 55.3 Å². The molecule has 0 aliphatic heterocycles. The first kappa shape index (κ1) is 28.3. The number of aryl methyl sites for hydroxylation is 1. The zero-order valence-electron chi connectivity index (χ0n) is 21.7. The van der Waals surface area contributed by atoms with Gasteiger partial charge in [-0.25, -0.2) is 8.42 Å². The van der Waals surface area contributed by atoms with Gasteiger partial charge in [0.25, 0.3) is 10.0 Å². The number of nitrogens with one attached hydrogen (secondary N) is 1. The smallest absolute Gasteiger partial charge is 0.264 e. The van der Waals surface area contributed by atoms with Crippen molar-refractivity contribution >= 4 is 33.2 Å². The monoisotopic (exact) mass is 544 g/mol. The molecule has 3 rings (SSSR count). The molecule has 37 heavy (non-hydrogen) atoms. The third-order valence-electron chi connectivity index (χ3n) is 5.88. The molecule has 0 radical (unpaired) electrons. The molecule has 0 spiro atoms. The van der Waals surface area contributed by atoms with Crippen molar-refractivity contribution in [1.82, 2.24) is 5.32 Å². The molecule has 0 unspecified atom stereocenters. The summed E-state index contributed by atoms with van der Waals surface area (Å²) in [5.41, 5.74) is 2.08. The van der Waals surface area contributed by atoms with E-state index in [0.717, 1.165) is 15.4 Å². The Balaban J connectivity index is 1.95. The van der Waals surface area contributed by atoms with E-state index in [0.29, 0.717) is 23.8 Å². The average molecular weight is 545 g/mol. The minimum atomic E-state index is -4.08. The van der Waals surface area contributed by atoms with Crippen molar-refractivity contribution in [1.29, 1.82) is 0 Å². The lowest BCUT2D eigenvalue weighted by Gasteiger charge is -2.27. The van der Waals surface area contributed by atoms with E-state index in [1.165, 1.54) is 25.3 Å². The third kappa shape index (κ3) is 7.17. The third-order valence-corrected chi connectivity index (χ3v) is 7.96. The van der Waals surface area contributed by atoms with E-state index in [9.17, 15) is 13.2 Å². The van der Waals surface area contributed by atoms with Crippen LogP contribution in [0.4, 0.5) is 5.69 Å². The van der Waals surface area contributed by atoms with Crippen LogP contribution in [-0.2, 0) is 14.8 Å². The number of amides is 1. The molecule has 0 heterocycles. The highest BCUT2D eigenvalue weighted by atomic mass is 35.5. The van der Waals surface area contributed by atoms with Crippen LogP contribution >= 0.6 is 11.6 Å². The highest BCUT2D eigenvalue weighted by molar-refractivity contribution is 7.92. The Bertz CT molecular complexity index is 1310. The van der Waals surface area contributed by atoms with Crippen molar-refractivity contribution in [2.24, 2.45) is 5.92 Å². The van der Waals surface area contributed by atoms with Gasteiger partial charge in [0.15, 0.2) is 0 Å². The minimum absolute atomic E-state index is 0.0757. The van der Waals surface area contributed by atoms with E-state index in [4.69, 9.17) is 21.1 Å². The summed E-state index contributed by atoms with van der Waals surface area (Å²) in [6, 6.07) is 18.3. The highest BCUT2D eigenvalue weighted by Crippen LogP contribution is 2.32. The van der Waals surface area contributed by atoms with Crippen molar-refractivity contribution in [3.63, 3.8) is 0 Å². The molecular formula is C28H33ClN2O5S. The van der Waals surface area contributed by atoms with Crippen molar-refractivity contribution < 1.29 is 22.7 Å². The van der Waals surface area contributed by atoms with E-state index >= 15 is 0 Å². The predicted molar refractivity (Wildman–Crippen MR) is 147 cm³/mol. The number of ether oxygens (including phenoxy) is 2. The van der Waals surface area contributed by atoms with E-state index in [1.807, 2.05) is 31.2 Å². The van der Waals surface area contributed by atoms with Gasteiger partial charge >= 0.3 is 0 Å². The second kappa shape index (κ2) is 12.3. The zero-order chi connectivity index (χ0) is 27.2. The van der Waals surface area contributed by atoms with E-state index in [1.54, 1.807) is 31.4 Å². The lowest BCUT2D eigenvalue weighted by atomic mass is 9.97. The zero-order valence-corrected chi connectivity index (χ0v) is 23.3. The standard InChI is InChI=1S/C28H33ClN2O5S/c1-19(2)16-26(21-8-11-23(35-4)12-9-21)30-28(32)18-31(22-10-15-27(36-5)25(29)17-22)37(33,34)24-13-6-20(3)7-14-24/h6-15,17,19,26H,16,18H2,1-5H3,(H,30,32)/t26-/m0/s1. The summed E-state index contributed by atoms with van der Waals surface area (Å²) < 4.78 is 38.9. The molecule has 0 bridgehead atoms. The van der Waals surface area contributed by atoms with Gasteiger partial charge in [-0.05, 0) is 67.3 Å². The molecule has 1 N–H and O–H groups in total. The van der Waals surface area contributed by atoms with Crippen LogP contribution in [0.2, 0.25) is 5.02 Å². The molecule has 0 fully saturated rings. The van der Waals surface area contributed by atoms with Crippen LogP contribution in [0.5, 0.6) is 11.5 Å². The lowest BCUT2D eigenvalue weighted by Crippen LogP contribution is -2.42. The number of sulfonamides is 1. The molecule has 198 valence electrons. The van der Waals surface area contributed by atoms with Gasteiger partial charge in [0.05, 0.1) is 35.9 Å². The molecule has 0 aliphatic carbocycles. The van der Waals surface area contributed by atoms with Gasteiger partial charge in [-0.3, -0.25) is 9.10 Å². The number of rotatable bonds is 11. The van der Waals surface area contributed by atoms with E-state index in [2.05, 4.69) is 19.2 Å². The van der Waals surface area contributed by atoms with Gasteiger partial charge in [-0.15, -0.1) is 0 Å². The number of carbonyl (C=O) groups is 1. The van der Waals surface area contributed by atoms with Gasteiger partial charge < -0.3 is 14.8 Å². The Hall–Kier alpha value is -3.23. The van der Waals surface area contributed by atoms with Crippen molar-refractivity contribution in [3.8, 4) is 11.5 Å². The number of nitrogens with zero attached hydrogens (tertiary/aromatic N) is 1. The minimum Gasteiger partial charge on any atom is -0.497 e. The fourth-order valence-corrected chi connectivity index (χ4v) is 5.58. The van der Waals surface area contributed by atoms with E-state index < -0.39 is 22.5 Å². The summed E-state index contributed by atoms with van der Waals surface area (Å²) in [6.45, 7) is 5.58. The molecule has 7 nitrogen and oxygen atoms in total. The summed E-state index contributed by atoms with van der Waals surface area (Å²) in [5, 5.41) is 3.27. The Kier molecular flexibility index (Phi) is 9.45. The van der Waals surface area contributed by atoms with Crippen LogP contribution in [-0.4, -0.2) is 35.1 Å². The second-order valence-corrected chi connectivity index (χ2v) is 11.4. The number of carbonyl (C=O) groups excluding carboxylic acids is 1. The first-order valence-electron chi connectivity index (χ1n) is 11.9. The summed E-state index contributed by atoms with van der Waals surface area (Å²) in [5.74, 6) is 0.966. The first-order chi connectivity index (χ1) is 17.5. The van der Waals surface area contributed by atoms with Gasteiger partial charge in [0.2, 0.25) is 5.91 Å². The Morgan fingerprint density at radius 3 is 2.16 bits per heavy atom. The topological polar surface area (TPSA) is 84.9 Å². The van der Waals surface area contributed by atoms with Crippen LogP contribution in [0, 0.1) is 12.8 Å². The summed E-state index contributed by atoms with van der Waals surface area (Å²) >= 11 is 6.32. The van der Waals surface area contributed by atoms with Gasteiger partial charge in [-0.2, -0.15) is 0 Å². The number of hydrogen-bond donors (Lipinski definition) is 1. The number of hydrogen-bond acceptors (Lipinski definition) is 5. The Labute approximate surface area is 224 Å². The van der Waals surface area contributed by atoms with Gasteiger partial charge in [0, 0.05) is 0 Å². The van der Waals surface area contributed by atoms with Crippen LogP contribution in [0.15, 0.2) is 71.6 Å². The van der Waals surface area contributed by atoms with Crippen molar-refractivity contribution in [3.05, 3.63) is 82.9 Å². The molecular weight excluding hydrogens is 512 g/mol. The quantitative estimate of drug-likeness (QED) is 0.331. The van der Waals surface area contributed by atoms with Crippen LogP contribution in [0.25, 0.3) is 0 Å². The molecule has 9 heteroatoms. The molecule has 0 saturated carbocycles. The lowest BCUT2D eigenvalue weighted by molar-refractivity contribution is -0.120. The second-order valence-electron chi connectivity index (χ2n) is 9.17. The largest absolute Gasteiger partial charge is 0.497 e. The van der Waals surface area contributed by atoms with Crippen LogP contribution < -0.4 is 19.1 Å². The van der Waals surface area contributed by atoms with Crippen LogP contribution in [0.1, 0.15) is 37.4 Å². The number of halogens is 1. The van der Waals surface area contributed by atoms with Gasteiger partial charge in [0.1, 0.15) is 18.0 Å². The van der Waals surface area contributed by atoms with Crippen molar-refractivity contribution in [2.75, 3.05) is 25.1 Å². The molecule has 1 amide bonds. The fourth-order valence-electron chi connectivity index (χ4n) is 3.92. The number of benzene rings is 3. The SMILES string of the molecule is COc1ccc([C@H](CC(C)C)NC(=O)CN(c2ccc(OC)c(Cl)c2)S(=O)(=O)c2ccc(C)cc2)cc1. The van der Waals surface area contributed by atoms with Crippen LogP contribution in [0.3, 0.4) is 0 Å². The maximum absolute atomic E-state index is 13.7. The molecule has 0 aliphatic rings. The number of anilines is 1. The molecule has 3 aromatic rings. The Morgan fingerprint density at radius 2 is 1.62 bits per heavy atom. The highest BCUT2D eigenvalue weighted by Gasteiger charge is 2.29. The summed E-state index contributed by atoms with van der Waals surface area (Å²) in [6.07, 6.45) is 0.678.